The number of nitrogens with one attached hydrogen (secondary N) is 1. The Morgan fingerprint density at radius 1 is 1.42 bits per heavy atom. The third kappa shape index (κ3) is 3.70. The molecule has 3 N–H and O–H groups in total. The van der Waals surface area contributed by atoms with Crippen molar-refractivity contribution in [3.63, 3.8) is 0 Å². The van der Waals surface area contributed by atoms with E-state index in [-0.39, 0.29) is 23.5 Å². The molecule has 1 aromatic rings. The van der Waals surface area contributed by atoms with Crippen LogP contribution < -0.4 is 11.1 Å². The monoisotopic (exact) mass is 346 g/mol. The summed E-state index contributed by atoms with van der Waals surface area (Å²) in [6, 6.07) is 4.68. The molecule has 0 spiro atoms. The van der Waals surface area contributed by atoms with Gasteiger partial charge in [0, 0.05) is 16.2 Å². The van der Waals surface area contributed by atoms with Crippen LogP contribution in [0.2, 0.25) is 0 Å². The van der Waals surface area contributed by atoms with Gasteiger partial charge in [-0.05, 0) is 31.0 Å². The number of amides is 1. The van der Waals surface area contributed by atoms with Crippen molar-refractivity contribution in [3.05, 3.63) is 28.2 Å². The fraction of sp³-hybridized carbons (Fsp3) is 0.417. The van der Waals surface area contributed by atoms with Gasteiger partial charge in [0.1, 0.15) is 0 Å². The Balaban J connectivity index is 2.11. The summed E-state index contributed by atoms with van der Waals surface area (Å²) in [5.41, 5.74) is 6.48. The van der Waals surface area contributed by atoms with E-state index in [0.29, 0.717) is 24.1 Å². The highest BCUT2D eigenvalue weighted by Crippen LogP contribution is 2.19. The van der Waals surface area contributed by atoms with Gasteiger partial charge in [-0.15, -0.1) is 0 Å². The number of sulfone groups is 1. The highest BCUT2D eigenvalue weighted by Gasteiger charge is 2.26. The van der Waals surface area contributed by atoms with Crippen LogP contribution in [0.3, 0.4) is 0 Å². The predicted molar refractivity (Wildman–Crippen MR) is 77.7 cm³/mol. The summed E-state index contributed by atoms with van der Waals surface area (Å²) in [6.07, 6.45) is 1.26. The number of hydrogen-bond donors (Lipinski definition) is 2. The minimum absolute atomic E-state index is 0.00660. The second kappa shape index (κ2) is 5.50. The number of nitrogens with two attached hydrogens (primary N) is 1. The number of carbonyl (C=O) groups is 1. The van der Waals surface area contributed by atoms with Gasteiger partial charge in [0.05, 0.1) is 17.1 Å². The van der Waals surface area contributed by atoms with Crippen LogP contribution in [-0.2, 0) is 9.84 Å². The van der Waals surface area contributed by atoms with E-state index in [2.05, 4.69) is 21.2 Å². The fourth-order valence-electron chi connectivity index (χ4n) is 2.12. The van der Waals surface area contributed by atoms with Crippen molar-refractivity contribution >= 4 is 37.4 Å². The minimum Gasteiger partial charge on any atom is -0.398 e. The summed E-state index contributed by atoms with van der Waals surface area (Å²) in [4.78, 5) is 12.1. The number of carbonyl (C=O) groups excluding carboxylic acids is 1. The SMILES string of the molecule is Nc1ccc(Br)cc1C(=O)NC1CCCS(=O)(=O)C1. The molecule has 0 aromatic heterocycles. The number of rotatable bonds is 2. The summed E-state index contributed by atoms with van der Waals surface area (Å²) in [7, 11) is -3.03. The maximum atomic E-state index is 12.1. The number of benzene rings is 1. The van der Waals surface area contributed by atoms with Crippen LogP contribution in [-0.4, -0.2) is 31.9 Å². The summed E-state index contributed by atoms with van der Waals surface area (Å²) in [6.45, 7) is 0. The van der Waals surface area contributed by atoms with Gasteiger partial charge in [0.2, 0.25) is 0 Å². The van der Waals surface area contributed by atoms with E-state index in [0.717, 1.165) is 4.47 Å². The Morgan fingerprint density at radius 3 is 2.84 bits per heavy atom. The van der Waals surface area contributed by atoms with Crippen LogP contribution in [0.25, 0.3) is 0 Å². The van der Waals surface area contributed by atoms with Crippen molar-refractivity contribution in [1.29, 1.82) is 0 Å². The van der Waals surface area contributed by atoms with Gasteiger partial charge in [-0.25, -0.2) is 8.42 Å². The number of halogens is 1. The molecule has 5 nitrogen and oxygen atoms in total. The highest BCUT2D eigenvalue weighted by molar-refractivity contribution is 9.10. The Kier molecular flexibility index (Phi) is 4.15. The molecule has 1 fully saturated rings. The Morgan fingerprint density at radius 2 is 2.16 bits per heavy atom. The van der Waals surface area contributed by atoms with E-state index >= 15 is 0 Å². The Bertz CT molecular complexity index is 601. The van der Waals surface area contributed by atoms with E-state index in [9.17, 15) is 13.2 Å². The first-order valence-electron chi connectivity index (χ1n) is 5.94. The van der Waals surface area contributed by atoms with E-state index in [1.165, 1.54) is 0 Å². The second-order valence-electron chi connectivity index (χ2n) is 4.66. The van der Waals surface area contributed by atoms with E-state index in [1.807, 2.05) is 0 Å². The van der Waals surface area contributed by atoms with Crippen molar-refractivity contribution in [1.82, 2.24) is 5.32 Å². The van der Waals surface area contributed by atoms with Crippen molar-refractivity contribution in [3.8, 4) is 0 Å². The first-order chi connectivity index (χ1) is 8.87. The molecule has 1 atom stereocenters. The molecule has 104 valence electrons. The molecule has 2 rings (SSSR count). The predicted octanol–water partition coefficient (Wildman–Crippen LogP) is 1.34. The summed E-state index contributed by atoms with van der Waals surface area (Å²) < 4.78 is 23.8. The molecule has 7 heteroatoms. The van der Waals surface area contributed by atoms with E-state index in [1.54, 1.807) is 18.2 Å². The van der Waals surface area contributed by atoms with Gasteiger partial charge in [0.25, 0.3) is 5.91 Å². The van der Waals surface area contributed by atoms with Crippen LogP contribution in [0.15, 0.2) is 22.7 Å². The molecule has 1 aliphatic rings. The van der Waals surface area contributed by atoms with Gasteiger partial charge < -0.3 is 11.1 Å². The van der Waals surface area contributed by atoms with Crippen LogP contribution in [0.4, 0.5) is 5.69 Å². The zero-order valence-corrected chi connectivity index (χ0v) is 12.6. The van der Waals surface area contributed by atoms with Gasteiger partial charge in [-0.3, -0.25) is 4.79 Å². The molecule has 1 heterocycles. The van der Waals surface area contributed by atoms with Crippen LogP contribution >= 0.6 is 15.9 Å². The summed E-state index contributed by atoms with van der Waals surface area (Å²) in [5, 5.41) is 2.74. The van der Waals surface area contributed by atoms with Crippen LogP contribution in [0.1, 0.15) is 23.2 Å². The molecule has 0 radical (unpaired) electrons. The van der Waals surface area contributed by atoms with Gasteiger partial charge in [0.15, 0.2) is 9.84 Å². The summed E-state index contributed by atoms with van der Waals surface area (Å²) >= 11 is 3.28. The molecule has 1 saturated heterocycles. The normalized spacial score (nSPS) is 21.8. The standard InChI is InChI=1S/C12H15BrN2O3S/c13-8-3-4-11(14)10(6-8)12(16)15-9-2-1-5-19(17,18)7-9/h3-4,6,9H,1-2,5,7,14H2,(H,15,16). The van der Waals surface area contributed by atoms with Crippen molar-refractivity contribution in [2.45, 2.75) is 18.9 Å². The van der Waals surface area contributed by atoms with Crippen molar-refractivity contribution in [2.75, 3.05) is 17.2 Å². The van der Waals surface area contributed by atoms with Crippen molar-refractivity contribution < 1.29 is 13.2 Å². The largest absolute Gasteiger partial charge is 0.398 e. The smallest absolute Gasteiger partial charge is 0.253 e. The number of nitrogen functional groups attached to an aromatic ring is 1. The number of anilines is 1. The van der Waals surface area contributed by atoms with Gasteiger partial charge in [-0.2, -0.15) is 0 Å². The van der Waals surface area contributed by atoms with E-state index in [4.69, 9.17) is 5.73 Å². The quantitative estimate of drug-likeness (QED) is 0.790. The second-order valence-corrected chi connectivity index (χ2v) is 7.80. The average Bonchev–Trinajstić information content (AvgIpc) is 2.31. The Labute approximate surface area is 120 Å². The molecule has 1 amide bonds. The molecule has 1 aliphatic heterocycles. The average molecular weight is 347 g/mol. The lowest BCUT2D eigenvalue weighted by molar-refractivity contribution is 0.0939. The number of hydrogen-bond acceptors (Lipinski definition) is 4. The molecule has 0 bridgehead atoms. The minimum atomic E-state index is -3.03. The third-order valence-corrected chi connectivity index (χ3v) is 5.37. The maximum absolute atomic E-state index is 12.1. The first-order valence-corrected chi connectivity index (χ1v) is 8.55. The molecule has 19 heavy (non-hydrogen) atoms. The molecule has 1 aromatic carbocycles. The lowest BCUT2D eigenvalue weighted by atomic mass is 10.1. The zero-order valence-electron chi connectivity index (χ0n) is 10.2. The van der Waals surface area contributed by atoms with Gasteiger partial charge in [-0.1, -0.05) is 15.9 Å². The molecular weight excluding hydrogens is 332 g/mol. The molecule has 0 saturated carbocycles. The third-order valence-electron chi connectivity index (χ3n) is 3.06. The van der Waals surface area contributed by atoms with E-state index < -0.39 is 9.84 Å². The maximum Gasteiger partial charge on any atom is 0.253 e. The summed E-state index contributed by atoms with van der Waals surface area (Å²) in [5.74, 6) is -0.119. The lowest BCUT2D eigenvalue weighted by Gasteiger charge is -2.23. The Hall–Kier alpha value is -1.08. The topological polar surface area (TPSA) is 89.3 Å². The molecule has 1 unspecified atom stereocenters. The molecule has 0 aliphatic carbocycles. The van der Waals surface area contributed by atoms with Crippen molar-refractivity contribution in [2.24, 2.45) is 0 Å². The zero-order chi connectivity index (χ0) is 14.0. The highest BCUT2D eigenvalue weighted by atomic mass is 79.9. The van der Waals surface area contributed by atoms with Crippen LogP contribution in [0, 0.1) is 0 Å². The van der Waals surface area contributed by atoms with Crippen LogP contribution in [0.5, 0.6) is 0 Å². The molecular formula is C12H15BrN2O3S. The fourth-order valence-corrected chi connectivity index (χ4v) is 4.12. The first kappa shape index (κ1) is 14.3. The van der Waals surface area contributed by atoms with Gasteiger partial charge >= 0.3 is 0 Å². The lowest BCUT2D eigenvalue weighted by Crippen LogP contribution is -2.43.